The van der Waals surface area contributed by atoms with Crippen molar-refractivity contribution in [3.8, 4) is 0 Å². The van der Waals surface area contributed by atoms with Crippen LogP contribution >= 0.6 is 0 Å². The van der Waals surface area contributed by atoms with Gasteiger partial charge in [-0.1, -0.05) is 76.1 Å². The molecule has 0 unspecified atom stereocenters. The number of benzene rings is 2. The Kier molecular flexibility index (Phi) is 9.87. The first-order valence-electron chi connectivity index (χ1n) is 13.0. The zero-order valence-corrected chi connectivity index (χ0v) is 20.8. The number of allylic oxidation sites excluding steroid dienone is 4. The smallest absolute Gasteiger partial charge is 0.210 e. The second kappa shape index (κ2) is 13.1. The molecule has 3 rings (SSSR count). The van der Waals surface area contributed by atoms with Gasteiger partial charge in [-0.25, -0.2) is 4.70 Å². The van der Waals surface area contributed by atoms with Crippen LogP contribution in [0.2, 0.25) is 0 Å². The highest BCUT2D eigenvalue weighted by atomic mass is 15.2. The van der Waals surface area contributed by atoms with Crippen LogP contribution < -0.4 is 0 Å². The van der Waals surface area contributed by atoms with Crippen molar-refractivity contribution in [2.24, 2.45) is 0 Å². The van der Waals surface area contributed by atoms with Crippen molar-refractivity contribution < 1.29 is 4.70 Å². The lowest BCUT2D eigenvalue weighted by molar-refractivity contribution is -0.344. The van der Waals surface area contributed by atoms with Gasteiger partial charge < -0.3 is 5.53 Å². The third-order valence-electron chi connectivity index (χ3n) is 6.41. The van der Waals surface area contributed by atoms with Gasteiger partial charge in [0.25, 0.3) is 0 Å². The molecule has 0 saturated carbocycles. The molecule has 0 atom stereocenters. The number of hydrogen-bond donors (Lipinski definition) is 0. The molecule has 0 aliphatic carbocycles. The quantitative estimate of drug-likeness (QED) is 0.168. The van der Waals surface area contributed by atoms with Gasteiger partial charge >= 0.3 is 0 Å². The summed E-state index contributed by atoms with van der Waals surface area (Å²) in [5.74, 6) is 0. The van der Waals surface area contributed by atoms with E-state index >= 15 is 0 Å². The maximum Gasteiger partial charge on any atom is 0.210 e. The lowest BCUT2D eigenvalue weighted by Crippen LogP contribution is -2.04. The first kappa shape index (κ1) is 24.9. The molecule has 0 aromatic heterocycles. The van der Waals surface area contributed by atoms with E-state index in [1.54, 1.807) is 0 Å². The normalized spacial score (nSPS) is 13.9. The third-order valence-corrected chi connectivity index (χ3v) is 6.41. The first-order chi connectivity index (χ1) is 16.2. The predicted octanol–water partition coefficient (Wildman–Crippen LogP) is 9.31. The molecule has 2 heteroatoms. The van der Waals surface area contributed by atoms with Gasteiger partial charge in [0.15, 0.2) is 0 Å². The highest BCUT2D eigenvalue weighted by Gasteiger charge is 2.29. The molecule has 33 heavy (non-hydrogen) atoms. The summed E-state index contributed by atoms with van der Waals surface area (Å²) in [4.78, 5) is 0. The second-order valence-electron chi connectivity index (χ2n) is 9.05. The highest BCUT2D eigenvalue weighted by molar-refractivity contribution is 5.79. The van der Waals surface area contributed by atoms with Crippen molar-refractivity contribution in [2.45, 2.75) is 85.0 Å². The third kappa shape index (κ3) is 6.63. The van der Waals surface area contributed by atoms with E-state index in [0.717, 1.165) is 73.9 Å². The van der Waals surface area contributed by atoms with Crippen molar-refractivity contribution in [2.75, 3.05) is 0 Å². The molecule has 0 amide bonds. The van der Waals surface area contributed by atoms with Crippen molar-refractivity contribution in [1.29, 1.82) is 0 Å². The molecule has 2 aromatic carbocycles. The minimum Gasteiger partial charge on any atom is -0.493 e. The molecule has 1 aliphatic heterocycles. The van der Waals surface area contributed by atoms with Gasteiger partial charge in [-0.05, 0) is 80.7 Å². The van der Waals surface area contributed by atoms with E-state index in [0.29, 0.717) is 0 Å². The van der Waals surface area contributed by atoms with E-state index in [9.17, 15) is 5.53 Å². The minimum absolute atomic E-state index is 0.908. The summed E-state index contributed by atoms with van der Waals surface area (Å²) in [6.45, 7) is 6.63. The summed E-state index contributed by atoms with van der Waals surface area (Å²) >= 11 is 0. The van der Waals surface area contributed by atoms with E-state index in [1.807, 2.05) is 0 Å². The predicted molar refractivity (Wildman–Crippen MR) is 142 cm³/mol. The van der Waals surface area contributed by atoms with Crippen LogP contribution in [0.15, 0.2) is 72.3 Å². The second-order valence-corrected chi connectivity index (χ2v) is 9.05. The summed E-state index contributed by atoms with van der Waals surface area (Å²) in [7, 11) is 0. The maximum absolute atomic E-state index is 11.4. The van der Waals surface area contributed by atoms with Crippen molar-refractivity contribution in [1.82, 2.24) is 0 Å². The van der Waals surface area contributed by atoms with Crippen molar-refractivity contribution >= 4 is 11.4 Å². The van der Waals surface area contributed by atoms with Crippen LogP contribution in [0.4, 0.5) is 0 Å². The average Bonchev–Trinajstić information content (AvgIpc) is 3.17. The van der Waals surface area contributed by atoms with Crippen LogP contribution in [0.3, 0.4) is 0 Å². The molecule has 0 fully saturated rings. The van der Waals surface area contributed by atoms with Crippen LogP contribution in [-0.4, -0.2) is 4.70 Å². The van der Waals surface area contributed by atoms with Gasteiger partial charge in [-0.3, -0.25) is 0 Å². The Labute approximate surface area is 201 Å². The van der Waals surface area contributed by atoms with Gasteiger partial charge in [0.2, 0.25) is 11.4 Å². The van der Waals surface area contributed by atoms with Gasteiger partial charge in [0, 0.05) is 22.8 Å². The Bertz CT molecular complexity index is 1010. The van der Waals surface area contributed by atoms with E-state index in [4.69, 9.17) is 0 Å². The fourth-order valence-electron chi connectivity index (χ4n) is 4.50. The fraction of sp³-hybridized carbons (Fsp3) is 0.419. The molecule has 2 nitrogen and oxygen atoms in total. The zero-order valence-electron chi connectivity index (χ0n) is 20.8. The zero-order chi connectivity index (χ0) is 23.5. The van der Waals surface area contributed by atoms with Crippen LogP contribution in [0.25, 0.3) is 16.9 Å². The van der Waals surface area contributed by atoms with E-state index in [2.05, 4.69) is 87.5 Å². The monoisotopic (exact) mass is 440 g/mol. The summed E-state index contributed by atoms with van der Waals surface area (Å²) in [6.07, 6.45) is 17.8. The van der Waals surface area contributed by atoms with Crippen LogP contribution in [-0.2, 0) is 12.8 Å². The molecular formula is C31H40N2. The fourth-order valence-corrected chi connectivity index (χ4v) is 4.50. The van der Waals surface area contributed by atoms with Crippen LogP contribution in [0.1, 0.15) is 94.4 Å². The molecule has 0 spiro atoms. The van der Waals surface area contributed by atoms with Gasteiger partial charge in [-0.15, -0.1) is 0 Å². The van der Waals surface area contributed by atoms with Gasteiger partial charge in [0.1, 0.15) is 0 Å². The summed E-state index contributed by atoms with van der Waals surface area (Å²) < 4.78 is 1.45. The Hall–Kier alpha value is -2.74. The van der Waals surface area contributed by atoms with Gasteiger partial charge in [-0.2, -0.15) is 0 Å². The average molecular weight is 441 g/mol. The molecule has 1 heterocycles. The summed E-state index contributed by atoms with van der Waals surface area (Å²) in [5.41, 5.74) is 19.4. The highest BCUT2D eigenvalue weighted by Crippen LogP contribution is 2.38. The molecular weight excluding hydrogens is 400 g/mol. The molecule has 0 N–H and O–H groups in total. The Morgan fingerprint density at radius 1 is 0.788 bits per heavy atom. The Morgan fingerprint density at radius 2 is 1.52 bits per heavy atom. The summed E-state index contributed by atoms with van der Waals surface area (Å²) in [6, 6.07) is 17.4. The van der Waals surface area contributed by atoms with E-state index in [-0.39, 0.29) is 0 Å². The Balaban J connectivity index is 1.86. The molecule has 0 saturated heterocycles. The number of nitrogens with zero attached hydrogens (tertiary/aromatic N) is 2. The van der Waals surface area contributed by atoms with Gasteiger partial charge in [0.05, 0.1) is 0 Å². The van der Waals surface area contributed by atoms with Crippen molar-refractivity contribution in [3.63, 3.8) is 0 Å². The maximum atomic E-state index is 11.4. The topological polar surface area (TPSA) is 25.3 Å². The largest absolute Gasteiger partial charge is 0.493 e. The summed E-state index contributed by atoms with van der Waals surface area (Å²) in [5, 5.41) is 0. The molecule has 2 aromatic rings. The van der Waals surface area contributed by atoms with E-state index in [1.165, 1.54) is 34.2 Å². The SMILES string of the molecule is CCC=CCCCc1ccccc1C1=CC(CCCC)=C(c2ccc(CCCC)cc2)[N+]1=[N-]. The van der Waals surface area contributed by atoms with Crippen molar-refractivity contribution in [3.05, 3.63) is 100 Å². The molecule has 0 bridgehead atoms. The molecule has 0 radical (unpaired) electrons. The number of rotatable bonds is 13. The number of unbranched alkanes of at least 4 members (excludes halogenated alkanes) is 3. The first-order valence-corrected chi connectivity index (χ1v) is 13.0. The lowest BCUT2D eigenvalue weighted by Gasteiger charge is -2.13. The van der Waals surface area contributed by atoms with E-state index < -0.39 is 0 Å². The molecule has 1 aliphatic rings. The van der Waals surface area contributed by atoms with Crippen LogP contribution in [0, 0.1) is 0 Å². The number of hydrogen-bond acceptors (Lipinski definition) is 0. The van der Waals surface area contributed by atoms with Crippen LogP contribution in [0.5, 0.6) is 0 Å². The minimum atomic E-state index is 0.908. The standard InChI is InChI=1S/C31H40N2/c1-4-7-10-11-12-17-26-18-13-14-19-29(26)30-24-28(16-9-6-3)31(33(30)32)27-22-20-25(21-23-27)15-8-5-2/h7,10,13-14,18-24H,4-6,8-9,11-12,15-17H2,1-3H3. The number of aryl methyl sites for hydroxylation is 2. The molecule has 174 valence electrons. The lowest BCUT2D eigenvalue weighted by atomic mass is 9.98. The Morgan fingerprint density at radius 3 is 2.24 bits per heavy atom.